The molecule has 4 N–H and O–H groups in total. The minimum absolute atomic E-state index is 0.0247. The van der Waals surface area contributed by atoms with Crippen LogP contribution in [0.3, 0.4) is 0 Å². The molecule has 5 nitrogen and oxygen atoms in total. The molecular weight excluding hydrogens is 194 g/mol. The molecule has 0 aliphatic carbocycles. The van der Waals surface area contributed by atoms with Crippen LogP contribution in [0.1, 0.15) is 19.8 Å². The fraction of sp³-hybridized carbons (Fsp3) is 0.900. The molecule has 1 saturated heterocycles. The van der Waals surface area contributed by atoms with Gasteiger partial charge in [-0.25, -0.2) is 0 Å². The van der Waals surface area contributed by atoms with E-state index in [4.69, 9.17) is 16.2 Å². The van der Waals surface area contributed by atoms with Gasteiger partial charge in [-0.2, -0.15) is 0 Å². The Bertz CT molecular complexity index is 223. The summed E-state index contributed by atoms with van der Waals surface area (Å²) in [6, 6.07) is 0.370. The van der Waals surface area contributed by atoms with E-state index in [0.717, 1.165) is 13.0 Å². The predicted octanol–water partition coefficient (Wildman–Crippen LogP) is -0.702. The molecule has 0 bridgehead atoms. The lowest BCUT2D eigenvalue weighted by molar-refractivity contribution is -0.119. The molecule has 88 valence electrons. The number of hydrogen-bond donors (Lipinski definition) is 2. The predicted molar refractivity (Wildman–Crippen MR) is 58.2 cm³/mol. The summed E-state index contributed by atoms with van der Waals surface area (Å²) in [5.41, 5.74) is 10.8. The third-order valence-corrected chi connectivity index (χ3v) is 3.14. The van der Waals surface area contributed by atoms with E-state index >= 15 is 0 Å². The van der Waals surface area contributed by atoms with Gasteiger partial charge in [0.2, 0.25) is 5.91 Å². The van der Waals surface area contributed by atoms with Crippen molar-refractivity contribution >= 4 is 5.91 Å². The van der Waals surface area contributed by atoms with Crippen molar-refractivity contribution in [3.8, 4) is 0 Å². The molecule has 1 aliphatic heterocycles. The summed E-state index contributed by atoms with van der Waals surface area (Å²) >= 11 is 0. The average molecular weight is 215 g/mol. The largest absolute Gasteiger partial charge is 0.377 e. The molecule has 0 aromatic heterocycles. The van der Waals surface area contributed by atoms with Crippen molar-refractivity contribution in [1.82, 2.24) is 4.90 Å². The lowest BCUT2D eigenvalue weighted by Gasteiger charge is -2.33. The number of likely N-dealkylation sites (N-methyl/N-ethyl adjacent to an activating group) is 1. The maximum Gasteiger partial charge on any atom is 0.219 e. The van der Waals surface area contributed by atoms with Crippen LogP contribution in [0.25, 0.3) is 0 Å². The van der Waals surface area contributed by atoms with Crippen molar-refractivity contribution in [2.75, 3.05) is 20.2 Å². The van der Waals surface area contributed by atoms with Crippen LogP contribution in [0.4, 0.5) is 0 Å². The van der Waals surface area contributed by atoms with Gasteiger partial charge in [-0.1, -0.05) is 0 Å². The number of rotatable bonds is 5. The summed E-state index contributed by atoms with van der Waals surface area (Å²) in [4.78, 5) is 13.0. The Morgan fingerprint density at radius 2 is 2.33 bits per heavy atom. The Kier molecular flexibility index (Phi) is 4.50. The maximum absolute atomic E-state index is 10.9. The van der Waals surface area contributed by atoms with E-state index in [-0.39, 0.29) is 18.1 Å². The van der Waals surface area contributed by atoms with E-state index in [0.29, 0.717) is 19.0 Å². The Labute approximate surface area is 90.7 Å². The molecule has 1 amide bonds. The molecule has 1 rings (SSSR count). The van der Waals surface area contributed by atoms with Gasteiger partial charge in [0, 0.05) is 31.7 Å². The highest BCUT2D eigenvalue weighted by atomic mass is 16.5. The first-order chi connectivity index (χ1) is 7.06. The van der Waals surface area contributed by atoms with Gasteiger partial charge in [0.05, 0.1) is 6.10 Å². The van der Waals surface area contributed by atoms with Gasteiger partial charge >= 0.3 is 0 Å². The standard InChI is InChI=1S/C10H21N3O2/c1-7-9(3-4-15-7)13(2)8(6-11)5-10(12)14/h7-9H,3-6,11H2,1-2H3,(H2,12,14). The van der Waals surface area contributed by atoms with Crippen LogP contribution in [0, 0.1) is 0 Å². The van der Waals surface area contributed by atoms with Gasteiger partial charge in [0.15, 0.2) is 0 Å². The number of hydrogen-bond acceptors (Lipinski definition) is 4. The summed E-state index contributed by atoms with van der Waals surface area (Å²) in [6.07, 6.45) is 1.51. The summed E-state index contributed by atoms with van der Waals surface area (Å²) in [7, 11) is 1.98. The average Bonchev–Trinajstić information content (AvgIpc) is 2.59. The first kappa shape index (κ1) is 12.4. The van der Waals surface area contributed by atoms with Crippen LogP contribution >= 0.6 is 0 Å². The molecular formula is C10H21N3O2. The molecule has 3 atom stereocenters. The van der Waals surface area contributed by atoms with Crippen molar-refractivity contribution in [3.63, 3.8) is 0 Å². The summed E-state index contributed by atoms with van der Waals surface area (Å²) in [6.45, 7) is 3.28. The van der Waals surface area contributed by atoms with E-state index in [1.807, 2.05) is 14.0 Å². The number of ether oxygens (including phenoxy) is 1. The summed E-state index contributed by atoms with van der Waals surface area (Å²) < 4.78 is 5.49. The van der Waals surface area contributed by atoms with Crippen LogP contribution in [0.15, 0.2) is 0 Å². The zero-order chi connectivity index (χ0) is 11.4. The Balaban J connectivity index is 2.55. The number of nitrogens with two attached hydrogens (primary N) is 2. The Hall–Kier alpha value is -0.650. The highest BCUT2D eigenvalue weighted by molar-refractivity contribution is 5.74. The third kappa shape index (κ3) is 3.15. The van der Waals surface area contributed by atoms with Crippen LogP contribution < -0.4 is 11.5 Å². The van der Waals surface area contributed by atoms with Crippen molar-refractivity contribution < 1.29 is 9.53 Å². The van der Waals surface area contributed by atoms with Crippen LogP contribution in [0.2, 0.25) is 0 Å². The lowest BCUT2D eigenvalue weighted by atomic mass is 10.1. The molecule has 15 heavy (non-hydrogen) atoms. The zero-order valence-electron chi connectivity index (χ0n) is 9.48. The molecule has 5 heteroatoms. The minimum atomic E-state index is -0.302. The number of nitrogens with zero attached hydrogens (tertiary/aromatic N) is 1. The molecule has 0 spiro atoms. The van der Waals surface area contributed by atoms with Gasteiger partial charge in [-0.15, -0.1) is 0 Å². The lowest BCUT2D eigenvalue weighted by Crippen LogP contribution is -2.48. The SMILES string of the molecule is CC1OCCC1N(C)C(CN)CC(N)=O. The maximum atomic E-state index is 10.9. The smallest absolute Gasteiger partial charge is 0.219 e. The van der Waals surface area contributed by atoms with Crippen LogP contribution in [0.5, 0.6) is 0 Å². The third-order valence-electron chi connectivity index (χ3n) is 3.14. The highest BCUT2D eigenvalue weighted by Gasteiger charge is 2.31. The van der Waals surface area contributed by atoms with Crippen molar-refractivity contribution in [1.29, 1.82) is 0 Å². The van der Waals surface area contributed by atoms with Crippen molar-refractivity contribution in [2.45, 2.75) is 38.0 Å². The van der Waals surface area contributed by atoms with Gasteiger partial charge in [0.25, 0.3) is 0 Å². The van der Waals surface area contributed by atoms with Gasteiger partial charge in [-0.3, -0.25) is 9.69 Å². The number of carbonyl (C=O) groups is 1. The fourth-order valence-electron chi connectivity index (χ4n) is 2.15. The Morgan fingerprint density at radius 3 is 2.73 bits per heavy atom. The monoisotopic (exact) mass is 215 g/mol. The molecule has 3 unspecified atom stereocenters. The van der Waals surface area contributed by atoms with E-state index in [9.17, 15) is 4.79 Å². The minimum Gasteiger partial charge on any atom is -0.377 e. The molecule has 0 aromatic carbocycles. The molecule has 0 radical (unpaired) electrons. The van der Waals surface area contributed by atoms with Gasteiger partial charge in [0.1, 0.15) is 0 Å². The quantitative estimate of drug-likeness (QED) is 0.635. The topological polar surface area (TPSA) is 81.6 Å². The van der Waals surface area contributed by atoms with Crippen LogP contribution in [-0.4, -0.2) is 49.2 Å². The zero-order valence-corrected chi connectivity index (χ0v) is 9.48. The molecule has 1 aliphatic rings. The second-order valence-electron chi connectivity index (χ2n) is 4.16. The van der Waals surface area contributed by atoms with Crippen molar-refractivity contribution in [3.05, 3.63) is 0 Å². The summed E-state index contributed by atoms with van der Waals surface area (Å²) in [5.74, 6) is -0.302. The Morgan fingerprint density at radius 1 is 1.67 bits per heavy atom. The molecule has 0 saturated carbocycles. The van der Waals surface area contributed by atoms with Crippen molar-refractivity contribution in [2.24, 2.45) is 11.5 Å². The normalized spacial score (nSPS) is 28.3. The molecule has 1 heterocycles. The van der Waals surface area contributed by atoms with Crippen LogP contribution in [-0.2, 0) is 9.53 Å². The number of amides is 1. The number of carbonyl (C=O) groups excluding carboxylic acids is 1. The van der Waals surface area contributed by atoms with Gasteiger partial charge in [-0.05, 0) is 20.4 Å². The highest BCUT2D eigenvalue weighted by Crippen LogP contribution is 2.20. The van der Waals surface area contributed by atoms with E-state index < -0.39 is 0 Å². The van der Waals surface area contributed by atoms with E-state index in [2.05, 4.69) is 4.90 Å². The number of primary amides is 1. The first-order valence-corrected chi connectivity index (χ1v) is 5.38. The van der Waals surface area contributed by atoms with E-state index in [1.54, 1.807) is 0 Å². The second kappa shape index (κ2) is 5.44. The van der Waals surface area contributed by atoms with E-state index in [1.165, 1.54) is 0 Å². The van der Waals surface area contributed by atoms with Gasteiger partial charge < -0.3 is 16.2 Å². The summed E-state index contributed by atoms with van der Waals surface area (Å²) in [5, 5.41) is 0. The second-order valence-corrected chi connectivity index (χ2v) is 4.16. The fourth-order valence-corrected chi connectivity index (χ4v) is 2.15. The molecule has 0 aromatic rings. The first-order valence-electron chi connectivity index (χ1n) is 5.38. The molecule has 1 fully saturated rings.